The lowest BCUT2D eigenvalue weighted by Gasteiger charge is -2.41. The molecule has 7 nitrogen and oxygen atoms in total. The maximum atomic E-state index is 12.3. The van der Waals surface area contributed by atoms with E-state index in [4.69, 9.17) is 11.6 Å². The average Bonchev–Trinajstić information content (AvgIpc) is 3.54. The van der Waals surface area contributed by atoms with E-state index >= 15 is 0 Å². The third-order valence-electron chi connectivity index (χ3n) is 7.52. The summed E-state index contributed by atoms with van der Waals surface area (Å²) in [5.74, 6) is 0.534. The van der Waals surface area contributed by atoms with E-state index in [9.17, 15) is 9.90 Å². The first-order valence-corrected chi connectivity index (χ1v) is 12.4. The van der Waals surface area contributed by atoms with Gasteiger partial charge in [0.2, 0.25) is 5.91 Å². The molecule has 5 rings (SSSR count). The molecule has 0 spiro atoms. The van der Waals surface area contributed by atoms with Crippen molar-refractivity contribution >= 4 is 35.1 Å². The topological polar surface area (TPSA) is 62.6 Å². The molecule has 3 aliphatic heterocycles. The Hall–Kier alpha value is -1.83. The second-order valence-corrected chi connectivity index (χ2v) is 10.4. The van der Waals surface area contributed by atoms with Crippen LogP contribution in [0.3, 0.4) is 0 Å². The smallest absolute Gasteiger partial charge is 0.225 e. The number of piperidine rings is 1. The standard InChI is InChI=1S/C24H34ClN5O2/c1-27-12-14-28(15-13-27)22-5-4-19(16-21(22)25)30-20(6-9-26-30)17-24(32)7-10-29(11-8-24)23(31)18-2-3-18/h4-5,9,16,18,20,32H,2-3,6-8,10-15,17H2,1H3. The van der Waals surface area contributed by atoms with Gasteiger partial charge in [-0.05, 0) is 57.4 Å². The summed E-state index contributed by atoms with van der Waals surface area (Å²) in [6.07, 6.45) is 6.73. The number of halogens is 1. The zero-order valence-electron chi connectivity index (χ0n) is 18.9. The number of likely N-dealkylation sites (N-methyl/N-ethyl adjacent to an activating group) is 1. The van der Waals surface area contributed by atoms with Crippen molar-refractivity contribution in [2.24, 2.45) is 11.0 Å². The van der Waals surface area contributed by atoms with Crippen LogP contribution in [-0.4, -0.2) is 85.0 Å². The Labute approximate surface area is 195 Å². The first-order chi connectivity index (χ1) is 15.4. The Balaban J connectivity index is 1.22. The highest BCUT2D eigenvalue weighted by Gasteiger charge is 2.41. The lowest BCUT2D eigenvalue weighted by Crippen LogP contribution is -2.49. The number of piperazine rings is 1. The third-order valence-corrected chi connectivity index (χ3v) is 7.82. The number of hydrogen-bond acceptors (Lipinski definition) is 6. The number of anilines is 2. The minimum absolute atomic E-state index is 0.108. The Kier molecular flexibility index (Phi) is 6.07. The van der Waals surface area contributed by atoms with Crippen LogP contribution in [0.2, 0.25) is 5.02 Å². The second kappa shape index (κ2) is 8.84. The summed E-state index contributed by atoms with van der Waals surface area (Å²) in [6.45, 7) is 5.36. The van der Waals surface area contributed by atoms with Crippen molar-refractivity contribution in [2.45, 2.75) is 50.2 Å². The maximum Gasteiger partial charge on any atom is 0.225 e. The molecule has 1 amide bonds. The second-order valence-electron chi connectivity index (χ2n) is 9.99. The molecule has 3 heterocycles. The van der Waals surface area contributed by atoms with Crippen LogP contribution in [-0.2, 0) is 4.79 Å². The van der Waals surface area contributed by atoms with E-state index in [0.717, 1.165) is 61.8 Å². The Morgan fingerprint density at radius 3 is 2.53 bits per heavy atom. The maximum absolute atomic E-state index is 12.3. The number of benzene rings is 1. The van der Waals surface area contributed by atoms with Crippen LogP contribution in [0.25, 0.3) is 0 Å². The van der Waals surface area contributed by atoms with Gasteiger partial charge in [0.15, 0.2) is 0 Å². The van der Waals surface area contributed by atoms with E-state index in [0.29, 0.717) is 32.4 Å². The van der Waals surface area contributed by atoms with Crippen LogP contribution in [0.15, 0.2) is 23.3 Å². The number of hydrazone groups is 1. The van der Waals surface area contributed by atoms with Crippen molar-refractivity contribution in [2.75, 3.05) is 56.2 Å². The van der Waals surface area contributed by atoms with Crippen LogP contribution in [0.4, 0.5) is 11.4 Å². The summed E-state index contributed by atoms with van der Waals surface area (Å²) in [5, 5.41) is 18.7. The summed E-state index contributed by atoms with van der Waals surface area (Å²) in [4.78, 5) is 19.0. The van der Waals surface area contributed by atoms with Gasteiger partial charge in [-0.2, -0.15) is 5.10 Å². The number of rotatable bonds is 5. The van der Waals surface area contributed by atoms with Gasteiger partial charge in [-0.25, -0.2) is 0 Å². The highest BCUT2D eigenvalue weighted by atomic mass is 35.5. The molecule has 32 heavy (non-hydrogen) atoms. The zero-order chi connectivity index (χ0) is 22.3. The number of aliphatic hydroxyl groups is 1. The molecular formula is C24H34ClN5O2. The van der Waals surface area contributed by atoms with Gasteiger partial charge >= 0.3 is 0 Å². The number of nitrogens with zero attached hydrogens (tertiary/aromatic N) is 5. The zero-order valence-corrected chi connectivity index (χ0v) is 19.7. The van der Waals surface area contributed by atoms with Crippen molar-refractivity contribution < 1.29 is 9.90 Å². The average molecular weight is 460 g/mol. The molecule has 4 aliphatic rings. The number of carbonyl (C=O) groups is 1. The molecule has 1 N–H and O–H groups in total. The van der Waals surface area contributed by atoms with E-state index in [-0.39, 0.29) is 17.9 Å². The quantitative estimate of drug-likeness (QED) is 0.733. The summed E-state index contributed by atoms with van der Waals surface area (Å²) in [6, 6.07) is 6.31. The number of carbonyl (C=O) groups excluding carboxylic acids is 1. The largest absolute Gasteiger partial charge is 0.390 e. The van der Waals surface area contributed by atoms with Gasteiger partial charge in [-0.1, -0.05) is 11.6 Å². The molecule has 1 saturated carbocycles. The molecule has 3 fully saturated rings. The number of amides is 1. The van der Waals surface area contributed by atoms with Crippen LogP contribution in [0, 0.1) is 5.92 Å². The van der Waals surface area contributed by atoms with Gasteiger partial charge < -0.3 is 19.8 Å². The van der Waals surface area contributed by atoms with E-state index in [1.54, 1.807) is 0 Å². The summed E-state index contributed by atoms with van der Waals surface area (Å²) < 4.78 is 0. The molecule has 0 bridgehead atoms. The predicted molar refractivity (Wildman–Crippen MR) is 129 cm³/mol. The van der Waals surface area contributed by atoms with Crippen molar-refractivity contribution in [3.05, 3.63) is 23.2 Å². The van der Waals surface area contributed by atoms with Gasteiger partial charge in [-0.3, -0.25) is 9.80 Å². The molecule has 1 atom stereocenters. The fourth-order valence-corrected chi connectivity index (χ4v) is 5.51. The minimum Gasteiger partial charge on any atom is -0.390 e. The van der Waals surface area contributed by atoms with E-state index < -0.39 is 5.60 Å². The van der Waals surface area contributed by atoms with Crippen molar-refractivity contribution in [1.82, 2.24) is 9.80 Å². The molecule has 1 unspecified atom stereocenters. The van der Waals surface area contributed by atoms with Crippen molar-refractivity contribution in [1.29, 1.82) is 0 Å². The SMILES string of the molecule is CN1CCN(c2ccc(N3N=CCC3CC3(O)CCN(C(=O)C4CC4)CC3)cc2Cl)CC1. The van der Waals surface area contributed by atoms with Crippen LogP contribution in [0.1, 0.15) is 38.5 Å². The van der Waals surface area contributed by atoms with E-state index in [1.165, 1.54) is 0 Å². The van der Waals surface area contributed by atoms with Gasteiger partial charge in [0.25, 0.3) is 0 Å². The summed E-state index contributed by atoms with van der Waals surface area (Å²) in [7, 11) is 2.15. The number of hydrogen-bond donors (Lipinski definition) is 1. The lowest BCUT2D eigenvalue weighted by atomic mass is 9.84. The van der Waals surface area contributed by atoms with Crippen molar-refractivity contribution in [3.63, 3.8) is 0 Å². The van der Waals surface area contributed by atoms with Crippen LogP contribution < -0.4 is 9.91 Å². The summed E-state index contributed by atoms with van der Waals surface area (Å²) >= 11 is 6.70. The van der Waals surface area contributed by atoms with Gasteiger partial charge in [0.05, 0.1) is 28.0 Å². The Morgan fingerprint density at radius 2 is 1.88 bits per heavy atom. The molecule has 0 radical (unpaired) electrons. The molecule has 8 heteroatoms. The first-order valence-electron chi connectivity index (χ1n) is 12.0. The highest BCUT2D eigenvalue weighted by molar-refractivity contribution is 6.33. The molecule has 2 saturated heterocycles. The molecule has 174 valence electrons. The third kappa shape index (κ3) is 4.61. The number of likely N-dealkylation sites (tertiary alicyclic amines) is 1. The Morgan fingerprint density at radius 1 is 1.16 bits per heavy atom. The molecule has 1 aliphatic carbocycles. The molecule has 1 aromatic rings. The monoisotopic (exact) mass is 459 g/mol. The fraction of sp³-hybridized carbons (Fsp3) is 0.667. The predicted octanol–water partition coefficient (Wildman–Crippen LogP) is 2.81. The first kappa shape index (κ1) is 22.0. The van der Waals surface area contributed by atoms with Gasteiger partial charge in [0, 0.05) is 57.8 Å². The highest BCUT2D eigenvalue weighted by Crippen LogP contribution is 2.38. The fourth-order valence-electron chi connectivity index (χ4n) is 5.21. The summed E-state index contributed by atoms with van der Waals surface area (Å²) in [5.41, 5.74) is 1.30. The minimum atomic E-state index is -0.749. The van der Waals surface area contributed by atoms with Gasteiger partial charge in [-0.15, -0.1) is 0 Å². The molecule has 1 aromatic carbocycles. The van der Waals surface area contributed by atoms with E-state index in [1.807, 2.05) is 22.2 Å². The van der Waals surface area contributed by atoms with Crippen LogP contribution in [0.5, 0.6) is 0 Å². The van der Waals surface area contributed by atoms with E-state index in [2.05, 4.69) is 34.1 Å². The van der Waals surface area contributed by atoms with Crippen molar-refractivity contribution in [3.8, 4) is 0 Å². The lowest BCUT2D eigenvalue weighted by molar-refractivity contribution is -0.137. The normalized spacial score (nSPS) is 26.1. The van der Waals surface area contributed by atoms with Gasteiger partial charge in [0.1, 0.15) is 0 Å². The molecule has 0 aromatic heterocycles. The van der Waals surface area contributed by atoms with Crippen LogP contribution >= 0.6 is 11.6 Å². The molecular weight excluding hydrogens is 426 g/mol. The Bertz CT molecular complexity index is 873.